The van der Waals surface area contributed by atoms with Gasteiger partial charge in [-0.05, 0) is 48.5 Å². The van der Waals surface area contributed by atoms with E-state index in [0.717, 1.165) is 40.5 Å². The van der Waals surface area contributed by atoms with Crippen molar-refractivity contribution in [1.29, 1.82) is 0 Å². The van der Waals surface area contributed by atoms with Gasteiger partial charge in [0.05, 0.1) is 33.6 Å². The molecule has 4 heterocycles. The molecule has 264 valence electrons. The zero-order valence-corrected chi connectivity index (χ0v) is 27.9. The first-order valence-corrected chi connectivity index (χ1v) is 16.5. The van der Waals surface area contributed by atoms with E-state index in [9.17, 15) is 32.4 Å². The summed E-state index contributed by atoms with van der Waals surface area (Å²) in [6, 6.07) is 20.8. The summed E-state index contributed by atoms with van der Waals surface area (Å²) in [5.41, 5.74) is 13.4. The highest BCUT2D eigenvalue weighted by Crippen LogP contribution is 2.43. The second kappa shape index (κ2) is 14.1. The van der Waals surface area contributed by atoms with E-state index in [2.05, 4.69) is 4.98 Å². The number of pyridine rings is 2. The summed E-state index contributed by atoms with van der Waals surface area (Å²) in [5, 5.41) is 15.0. The van der Waals surface area contributed by atoms with Crippen molar-refractivity contribution in [2.24, 2.45) is 0 Å². The number of carbonyl (C=O) groups is 2. The lowest BCUT2D eigenvalue weighted by atomic mass is 9.98. The van der Waals surface area contributed by atoms with Crippen LogP contribution in [0.25, 0.3) is 32.6 Å². The Morgan fingerprint density at radius 3 is 2.08 bits per heavy atom. The van der Waals surface area contributed by atoms with Gasteiger partial charge in [0.15, 0.2) is 29.3 Å². The maximum atomic E-state index is 14.0. The molecule has 8 rings (SSSR count). The van der Waals surface area contributed by atoms with Crippen molar-refractivity contribution in [2.75, 3.05) is 18.3 Å². The predicted octanol–water partition coefficient (Wildman–Crippen LogP) is 7.86. The van der Waals surface area contributed by atoms with Crippen molar-refractivity contribution < 1.29 is 41.4 Å². The van der Waals surface area contributed by atoms with Crippen molar-refractivity contribution >= 4 is 44.4 Å². The SMILES string of the molecule is Nc1c(C(=O)c2ccc(F)cc2F)cc[n+]([O-])c1-c1csc2ccccc12.Nc1c(C(=O)c2ccc(F)cc2F)ccnc1-c1cccc2c1OCO2. The standard InChI is InChI=1S/C20H12F2N2O2S.C19H12F2N2O3/c21-11-5-6-13(16(22)9-11)20(25)14-7-8-24(26)19(18(14)23)15-10-27-17-4-2-1-3-12(15)17;20-10-4-5-11(14(21)8-10)18(24)12-6-7-23-17(16(12)22)13-2-1-3-15-19(13)26-9-25-15/h1-10H,23H2;1-8H,9,22H2. The average molecular weight is 737 g/mol. The Kier molecular flexibility index (Phi) is 9.20. The van der Waals surface area contributed by atoms with Crippen LogP contribution in [0.4, 0.5) is 28.9 Å². The number of benzene rings is 4. The number of nitrogens with zero attached hydrogens (tertiary/aromatic N) is 2. The molecule has 4 N–H and O–H groups in total. The average Bonchev–Trinajstić information content (AvgIpc) is 3.80. The van der Waals surface area contributed by atoms with E-state index in [1.807, 2.05) is 24.3 Å². The van der Waals surface area contributed by atoms with Crippen LogP contribution >= 0.6 is 11.3 Å². The van der Waals surface area contributed by atoms with E-state index in [1.165, 1.54) is 29.7 Å². The highest BCUT2D eigenvalue weighted by molar-refractivity contribution is 7.17. The number of nitrogens with two attached hydrogens (primary N) is 2. The van der Waals surface area contributed by atoms with Gasteiger partial charge in [-0.3, -0.25) is 14.6 Å². The predicted molar refractivity (Wildman–Crippen MR) is 190 cm³/mol. The Hall–Kier alpha value is -6.80. The van der Waals surface area contributed by atoms with Crippen molar-refractivity contribution in [3.05, 3.63) is 159 Å². The molecule has 0 unspecified atom stereocenters. The molecule has 0 aliphatic carbocycles. The van der Waals surface area contributed by atoms with Crippen LogP contribution < -0.4 is 25.7 Å². The third-order valence-electron chi connectivity index (χ3n) is 8.36. The molecule has 1 aliphatic heterocycles. The van der Waals surface area contributed by atoms with Crippen molar-refractivity contribution in [2.45, 2.75) is 0 Å². The lowest BCUT2D eigenvalue weighted by Crippen LogP contribution is -2.31. The molecule has 9 nitrogen and oxygen atoms in total. The molecule has 7 aromatic rings. The van der Waals surface area contributed by atoms with Crippen molar-refractivity contribution in [3.8, 4) is 34.0 Å². The minimum Gasteiger partial charge on any atom is -0.618 e. The van der Waals surface area contributed by atoms with Gasteiger partial charge in [0.1, 0.15) is 29.0 Å². The Morgan fingerprint density at radius 1 is 0.736 bits per heavy atom. The van der Waals surface area contributed by atoms with Crippen molar-refractivity contribution in [3.63, 3.8) is 0 Å². The number of rotatable bonds is 6. The molecule has 0 spiro atoms. The maximum absolute atomic E-state index is 14.0. The fraction of sp³-hybridized carbons (Fsp3) is 0.0256. The summed E-state index contributed by atoms with van der Waals surface area (Å²) < 4.78 is 66.5. The monoisotopic (exact) mass is 736 g/mol. The van der Waals surface area contributed by atoms with Gasteiger partial charge in [0, 0.05) is 51.0 Å². The maximum Gasteiger partial charge on any atom is 0.249 e. The summed E-state index contributed by atoms with van der Waals surface area (Å²) in [5.74, 6) is -3.84. The molecule has 0 fully saturated rings. The molecular weight excluding hydrogens is 713 g/mol. The van der Waals surface area contributed by atoms with Gasteiger partial charge in [-0.1, -0.05) is 24.3 Å². The third-order valence-corrected chi connectivity index (χ3v) is 9.32. The van der Waals surface area contributed by atoms with E-state index in [1.54, 1.807) is 23.6 Å². The van der Waals surface area contributed by atoms with Gasteiger partial charge >= 0.3 is 0 Å². The minimum atomic E-state index is -0.985. The molecule has 1 aliphatic rings. The van der Waals surface area contributed by atoms with Crippen LogP contribution in [0.2, 0.25) is 0 Å². The number of ketones is 2. The number of anilines is 2. The highest BCUT2D eigenvalue weighted by Gasteiger charge is 2.27. The lowest BCUT2D eigenvalue weighted by molar-refractivity contribution is -0.592. The molecule has 0 amide bonds. The van der Waals surface area contributed by atoms with Crippen LogP contribution in [0, 0.1) is 28.5 Å². The van der Waals surface area contributed by atoms with Crippen LogP contribution in [0.15, 0.2) is 109 Å². The topological polar surface area (TPSA) is 144 Å². The fourth-order valence-corrected chi connectivity index (χ4v) is 6.76. The Morgan fingerprint density at radius 2 is 1.40 bits per heavy atom. The molecule has 0 radical (unpaired) electrons. The van der Waals surface area contributed by atoms with Gasteiger partial charge in [0.2, 0.25) is 12.5 Å². The van der Waals surface area contributed by atoms with E-state index in [4.69, 9.17) is 20.9 Å². The fourth-order valence-electron chi connectivity index (χ4n) is 5.82. The Balaban J connectivity index is 0.000000164. The van der Waals surface area contributed by atoms with Crippen LogP contribution in [0.5, 0.6) is 11.5 Å². The number of hydrogen-bond acceptors (Lipinski definition) is 9. The normalized spacial score (nSPS) is 11.6. The Labute approximate surface area is 301 Å². The number of halogens is 4. The number of para-hydroxylation sites is 1. The van der Waals surface area contributed by atoms with E-state index >= 15 is 0 Å². The van der Waals surface area contributed by atoms with Gasteiger partial charge < -0.3 is 26.1 Å². The van der Waals surface area contributed by atoms with Gasteiger partial charge in [-0.2, -0.15) is 4.73 Å². The highest BCUT2D eigenvalue weighted by atomic mass is 32.1. The van der Waals surface area contributed by atoms with E-state index in [-0.39, 0.29) is 46.1 Å². The first-order chi connectivity index (χ1) is 25.5. The molecule has 3 aromatic heterocycles. The quantitative estimate of drug-likeness (QED) is 0.0760. The van der Waals surface area contributed by atoms with E-state index < -0.39 is 34.8 Å². The molecule has 0 bridgehead atoms. The van der Waals surface area contributed by atoms with Crippen molar-refractivity contribution in [1.82, 2.24) is 4.98 Å². The van der Waals surface area contributed by atoms with Crippen LogP contribution in [0.1, 0.15) is 31.8 Å². The third kappa shape index (κ3) is 6.47. The first kappa shape index (κ1) is 34.6. The van der Waals surface area contributed by atoms with Crippen LogP contribution in [-0.2, 0) is 0 Å². The van der Waals surface area contributed by atoms with E-state index in [0.29, 0.717) is 45.2 Å². The number of carbonyl (C=O) groups excluding carboxylic acids is 2. The molecular formula is C39H24F4N4O5S. The lowest BCUT2D eigenvalue weighted by Gasteiger charge is -2.11. The number of thiophene rings is 1. The molecule has 0 saturated heterocycles. The Bertz CT molecular complexity index is 2600. The van der Waals surface area contributed by atoms with Gasteiger partial charge in [-0.25, -0.2) is 17.6 Å². The van der Waals surface area contributed by atoms with Crippen LogP contribution in [-0.4, -0.2) is 23.3 Å². The number of aromatic nitrogens is 2. The van der Waals surface area contributed by atoms with Gasteiger partial charge in [0.25, 0.3) is 0 Å². The molecule has 4 aromatic carbocycles. The summed E-state index contributed by atoms with van der Waals surface area (Å²) in [4.78, 5) is 29.7. The van der Waals surface area contributed by atoms with Gasteiger partial charge in [-0.15, -0.1) is 11.3 Å². The second-order valence-corrected chi connectivity index (χ2v) is 12.4. The summed E-state index contributed by atoms with van der Waals surface area (Å²) >= 11 is 1.45. The molecule has 53 heavy (non-hydrogen) atoms. The zero-order valence-electron chi connectivity index (χ0n) is 27.1. The number of fused-ring (bicyclic) bond motifs is 2. The van der Waals surface area contributed by atoms with Crippen LogP contribution in [0.3, 0.4) is 0 Å². The summed E-state index contributed by atoms with van der Waals surface area (Å²) in [7, 11) is 0. The number of nitrogen functional groups attached to an aromatic ring is 2. The molecule has 14 heteroatoms. The number of hydrogen-bond donors (Lipinski definition) is 2. The smallest absolute Gasteiger partial charge is 0.249 e. The summed E-state index contributed by atoms with van der Waals surface area (Å²) in [6.07, 6.45) is 2.56. The largest absolute Gasteiger partial charge is 0.618 e. The zero-order chi connectivity index (χ0) is 37.4. The number of ether oxygens (including phenoxy) is 2. The summed E-state index contributed by atoms with van der Waals surface area (Å²) in [6.45, 7) is 0.0751. The second-order valence-electron chi connectivity index (χ2n) is 11.5. The first-order valence-electron chi connectivity index (χ1n) is 15.6. The molecule has 0 atom stereocenters. The minimum absolute atomic E-state index is 0.0158. The molecule has 0 saturated carbocycles.